The van der Waals surface area contributed by atoms with Crippen LogP contribution >= 0.6 is 0 Å². The Bertz CT molecular complexity index is 709. The molecule has 3 nitrogen and oxygen atoms in total. The lowest BCUT2D eigenvalue weighted by Gasteiger charge is -2.10. The molecule has 1 N–H and O–H groups in total. The summed E-state index contributed by atoms with van der Waals surface area (Å²) >= 11 is 0. The van der Waals surface area contributed by atoms with Crippen molar-refractivity contribution >= 4 is 12.0 Å². The SMILES string of the molecule is Cc1ccc(/C=C/C(=O)O)cc1Oc1cc(F)ccc1F. The average molecular weight is 290 g/mol. The first kappa shape index (κ1) is 14.7. The van der Waals surface area contributed by atoms with Gasteiger partial charge in [0, 0.05) is 12.1 Å². The van der Waals surface area contributed by atoms with E-state index in [1.54, 1.807) is 25.1 Å². The summed E-state index contributed by atoms with van der Waals surface area (Å²) in [4.78, 5) is 10.5. The van der Waals surface area contributed by atoms with E-state index in [1.807, 2.05) is 0 Å². The number of hydrogen-bond acceptors (Lipinski definition) is 2. The molecule has 0 saturated carbocycles. The molecular weight excluding hydrogens is 278 g/mol. The summed E-state index contributed by atoms with van der Waals surface area (Å²) in [6.45, 7) is 1.75. The number of carbonyl (C=O) groups is 1. The molecule has 0 bridgehead atoms. The number of aliphatic carboxylic acids is 1. The Hall–Kier alpha value is -2.69. The van der Waals surface area contributed by atoms with E-state index in [2.05, 4.69) is 0 Å². The number of ether oxygens (including phenoxy) is 1. The fraction of sp³-hybridized carbons (Fsp3) is 0.0625. The maximum atomic E-state index is 13.6. The van der Waals surface area contributed by atoms with Crippen LogP contribution in [0.15, 0.2) is 42.5 Å². The number of carboxylic acids is 1. The lowest BCUT2D eigenvalue weighted by Crippen LogP contribution is -1.93. The predicted octanol–water partition coefficient (Wildman–Crippen LogP) is 4.16. The number of carboxylic acid groups (broad SMARTS) is 1. The molecule has 0 atom stereocenters. The van der Waals surface area contributed by atoms with E-state index in [-0.39, 0.29) is 5.75 Å². The van der Waals surface area contributed by atoms with E-state index in [1.165, 1.54) is 6.08 Å². The van der Waals surface area contributed by atoms with Gasteiger partial charge in [-0.3, -0.25) is 0 Å². The summed E-state index contributed by atoms with van der Waals surface area (Å²) in [6, 6.07) is 7.89. The Morgan fingerprint density at radius 3 is 2.62 bits per heavy atom. The molecule has 2 aromatic rings. The van der Waals surface area contributed by atoms with Crippen molar-refractivity contribution in [2.45, 2.75) is 6.92 Å². The molecule has 0 spiro atoms. The van der Waals surface area contributed by atoms with Gasteiger partial charge in [0.25, 0.3) is 0 Å². The summed E-state index contributed by atoms with van der Waals surface area (Å²) in [7, 11) is 0. The number of aryl methyl sites for hydroxylation is 1. The molecule has 108 valence electrons. The molecule has 0 aromatic heterocycles. The Labute approximate surface area is 120 Å². The van der Waals surface area contributed by atoms with Crippen LogP contribution in [0.1, 0.15) is 11.1 Å². The monoisotopic (exact) mass is 290 g/mol. The molecule has 0 radical (unpaired) electrons. The highest BCUT2D eigenvalue weighted by molar-refractivity contribution is 5.85. The minimum absolute atomic E-state index is 0.225. The van der Waals surface area contributed by atoms with Crippen molar-refractivity contribution < 1.29 is 23.4 Å². The standard InChI is InChI=1S/C16H12F2O3/c1-10-2-3-11(4-7-16(19)20)8-14(10)21-15-9-12(17)5-6-13(15)18/h2-9H,1H3,(H,19,20)/b7-4+. The van der Waals surface area contributed by atoms with E-state index < -0.39 is 17.6 Å². The summed E-state index contributed by atoms with van der Waals surface area (Å²) in [5.41, 5.74) is 1.29. The molecular formula is C16H12F2O3. The van der Waals surface area contributed by atoms with Crippen LogP contribution in [0.4, 0.5) is 8.78 Å². The first-order chi connectivity index (χ1) is 9.95. The van der Waals surface area contributed by atoms with Crippen molar-refractivity contribution in [3.05, 3.63) is 65.2 Å². The van der Waals surface area contributed by atoms with Crippen molar-refractivity contribution in [3.63, 3.8) is 0 Å². The third-order valence-electron chi connectivity index (χ3n) is 2.74. The normalized spacial score (nSPS) is 10.8. The van der Waals surface area contributed by atoms with Crippen LogP contribution < -0.4 is 4.74 Å². The second kappa shape index (κ2) is 6.17. The summed E-state index contributed by atoms with van der Waals surface area (Å²) in [6.07, 6.45) is 2.37. The van der Waals surface area contributed by atoms with Crippen LogP contribution in [0.25, 0.3) is 6.08 Å². The zero-order valence-electron chi connectivity index (χ0n) is 11.1. The van der Waals surface area contributed by atoms with Gasteiger partial charge in [0.1, 0.15) is 11.6 Å². The number of hydrogen-bond donors (Lipinski definition) is 1. The number of halogens is 2. The average Bonchev–Trinajstić information content (AvgIpc) is 2.43. The molecule has 0 aliphatic heterocycles. The largest absolute Gasteiger partial charge is 0.478 e. The van der Waals surface area contributed by atoms with E-state index in [0.717, 1.165) is 24.3 Å². The molecule has 21 heavy (non-hydrogen) atoms. The molecule has 0 saturated heterocycles. The molecule has 0 unspecified atom stereocenters. The van der Waals surface area contributed by atoms with Crippen LogP contribution in [-0.2, 0) is 4.79 Å². The molecule has 2 aromatic carbocycles. The highest BCUT2D eigenvalue weighted by Gasteiger charge is 2.08. The van der Waals surface area contributed by atoms with Crippen molar-refractivity contribution in [1.29, 1.82) is 0 Å². The van der Waals surface area contributed by atoms with Gasteiger partial charge in [0.05, 0.1) is 0 Å². The zero-order valence-corrected chi connectivity index (χ0v) is 11.1. The van der Waals surface area contributed by atoms with Gasteiger partial charge in [-0.15, -0.1) is 0 Å². The van der Waals surface area contributed by atoms with Gasteiger partial charge in [-0.05, 0) is 42.3 Å². The molecule has 2 rings (SSSR count). The van der Waals surface area contributed by atoms with Crippen LogP contribution in [0.3, 0.4) is 0 Å². The summed E-state index contributed by atoms with van der Waals surface area (Å²) < 4.78 is 32.0. The van der Waals surface area contributed by atoms with Crippen molar-refractivity contribution in [3.8, 4) is 11.5 Å². The summed E-state index contributed by atoms with van der Waals surface area (Å²) in [5.74, 6) is -2.26. The van der Waals surface area contributed by atoms with Crippen LogP contribution in [0, 0.1) is 18.6 Å². The minimum Gasteiger partial charge on any atom is -0.478 e. The molecule has 0 amide bonds. The molecule has 0 aliphatic carbocycles. The third kappa shape index (κ3) is 3.89. The second-order valence-electron chi connectivity index (χ2n) is 4.37. The van der Waals surface area contributed by atoms with Crippen LogP contribution in [0.5, 0.6) is 11.5 Å². The Kier molecular flexibility index (Phi) is 4.33. The number of rotatable bonds is 4. The highest BCUT2D eigenvalue weighted by Crippen LogP contribution is 2.29. The van der Waals surface area contributed by atoms with Gasteiger partial charge in [-0.25, -0.2) is 13.6 Å². The van der Waals surface area contributed by atoms with E-state index in [4.69, 9.17) is 9.84 Å². The maximum absolute atomic E-state index is 13.6. The number of benzene rings is 2. The van der Waals surface area contributed by atoms with Crippen molar-refractivity contribution in [2.24, 2.45) is 0 Å². The molecule has 0 aliphatic rings. The zero-order chi connectivity index (χ0) is 15.4. The first-order valence-corrected chi connectivity index (χ1v) is 6.10. The Morgan fingerprint density at radius 2 is 1.90 bits per heavy atom. The van der Waals surface area contributed by atoms with Gasteiger partial charge in [-0.1, -0.05) is 12.1 Å². The van der Waals surface area contributed by atoms with E-state index in [0.29, 0.717) is 16.9 Å². The third-order valence-corrected chi connectivity index (χ3v) is 2.74. The smallest absolute Gasteiger partial charge is 0.328 e. The van der Waals surface area contributed by atoms with E-state index in [9.17, 15) is 13.6 Å². The van der Waals surface area contributed by atoms with Crippen molar-refractivity contribution in [1.82, 2.24) is 0 Å². The fourth-order valence-electron chi connectivity index (χ4n) is 1.67. The summed E-state index contributed by atoms with van der Waals surface area (Å²) in [5, 5.41) is 8.59. The molecule has 0 heterocycles. The molecule has 0 fully saturated rings. The van der Waals surface area contributed by atoms with Crippen LogP contribution in [0.2, 0.25) is 0 Å². The lowest BCUT2D eigenvalue weighted by atomic mass is 10.1. The lowest BCUT2D eigenvalue weighted by molar-refractivity contribution is -0.131. The Balaban J connectivity index is 2.33. The van der Waals surface area contributed by atoms with Gasteiger partial charge < -0.3 is 9.84 Å². The van der Waals surface area contributed by atoms with Gasteiger partial charge >= 0.3 is 5.97 Å². The quantitative estimate of drug-likeness (QED) is 0.860. The highest BCUT2D eigenvalue weighted by atomic mass is 19.1. The minimum atomic E-state index is -1.07. The Morgan fingerprint density at radius 1 is 1.14 bits per heavy atom. The van der Waals surface area contributed by atoms with Gasteiger partial charge in [0.15, 0.2) is 11.6 Å². The maximum Gasteiger partial charge on any atom is 0.328 e. The second-order valence-corrected chi connectivity index (χ2v) is 4.37. The molecule has 5 heteroatoms. The van der Waals surface area contributed by atoms with Crippen molar-refractivity contribution in [2.75, 3.05) is 0 Å². The predicted molar refractivity (Wildman–Crippen MR) is 74.3 cm³/mol. The van der Waals surface area contributed by atoms with E-state index >= 15 is 0 Å². The topological polar surface area (TPSA) is 46.5 Å². The van der Waals surface area contributed by atoms with Gasteiger partial charge in [0.2, 0.25) is 0 Å². The first-order valence-electron chi connectivity index (χ1n) is 6.10. The fourth-order valence-corrected chi connectivity index (χ4v) is 1.67. The van der Waals surface area contributed by atoms with Crippen LogP contribution in [-0.4, -0.2) is 11.1 Å². The van der Waals surface area contributed by atoms with Gasteiger partial charge in [-0.2, -0.15) is 0 Å².